The molecule has 2 atom stereocenters. The van der Waals surface area contributed by atoms with E-state index in [0.717, 1.165) is 25.0 Å². The van der Waals surface area contributed by atoms with Gasteiger partial charge in [0.15, 0.2) is 0 Å². The number of nitrogens with one attached hydrogen (secondary N) is 2. The van der Waals surface area contributed by atoms with E-state index in [9.17, 15) is 32.3 Å². The van der Waals surface area contributed by atoms with E-state index >= 15 is 0 Å². The van der Waals surface area contributed by atoms with Crippen molar-refractivity contribution in [2.75, 3.05) is 26.7 Å². The lowest BCUT2D eigenvalue weighted by Crippen LogP contribution is -2.60. The fourth-order valence-electron chi connectivity index (χ4n) is 4.20. The molecule has 1 saturated heterocycles. The topological polar surface area (TPSA) is 94.1 Å². The van der Waals surface area contributed by atoms with Gasteiger partial charge in [-0.05, 0) is 25.3 Å². The maximum atomic E-state index is 14.2. The van der Waals surface area contributed by atoms with Gasteiger partial charge in [0.05, 0.1) is 12.6 Å². The third-order valence-electron chi connectivity index (χ3n) is 5.87. The summed E-state index contributed by atoms with van der Waals surface area (Å²) in [5.74, 6) is -1.62. The second kappa shape index (κ2) is 9.62. The smallest absolute Gasteiger partial charge is 0.406 e. The van der Waals surface area contributed by atoms with Crippen LogP contribution in [0.4, 0.5) is 27.2 Å². The van der Waals surface area contributed by atoms with Crippen LogP contribution in [0.1, 0.15) is 31.7 Å². The molecular formula is C21H28F4N4O4. The molecule has 1 aliphatic heterocycles. The number of ether oxygens (including phenoxy) is 1. The Kier molecular flexibility index (Phi) is 7.25. The Morgan fingerprint density at radius 1 is 1.30 bits per heavy atom. The molecule has 0 radical (unpaired) electrons. The monoisotopic (exact) mass is 476 g/mol. The predicted octanol–water partition coefficient (Wildman–Crippen LogP) is 2.81. The Bertz CT molecular complexity index is 880. The minimum Gasteiger partial charge on any atom is -0.406 e. The van der Waals surface area contributed by atoms with Crippen molar-refractivity contribution < 1.29 is 37.0 Å². The standard InChI is InChI=1S/C21H28F4N4O4/c1-20(12-30)8-15(10-28(11-20)18(31)26-2)29(14-4-5-14)19(32)27-9-13-3-6-16(7-17(13)22)33-21(23,24)25/h3,6-7,14-15,30H,4-5,8-12H2,1-2H3,(H,26,31)(H,27,32)/t15-,20+/m0/s1. The third kappa shape index (κ3) is 6.40. The Morgan fingerprint density at radius 2 is 2.00 bits per heavy atom. The van der Waals surface area contributed by atoms with Gasteiger partial charge in [0.1, 0.15) is 11.6 Å². The number of benzene rings is 1. The van der Waals surface area contributed by atoms with E-state index in [4.69, 9.17) is 0 Å². The molecule has 12 heteroatoms. The molecule has 1 heterocycles. The summed E-state index contributed by atoms with van der Waals surface area (Å²) in [6.07, 6.45) is -2.87. The molecule has 1 aliphatic carbocycles. The zero-order valence-corrected chi connectivity index (χ0v) is 18.4. The first-order valence-corrected chi connectivity index (χ1v) is 10.6. The summed E-state index contributed by atoms with van der Waals surface area (Å²) in [6, 6.07) is 1.56. The van der Waals surface area contributed by atoms with Gasteiger partial charge in [0.2, 0.25) is 0 Å². The van der Waals surface area contributed by atoms with Crippen molar-refractivity contribution in [1.29, 1.82) is 0 Å². The predicted molar refractivity (Wildman–Crippen MR) is 110 cm³/mol. The van der Waals surface area contributed by atoms with Crippen LogP contribution in [0.15, 0.2) is 18.2 Å². The van der Waals surface area contributed by atoms with Gasteiger partial charge >= 0.3 is 18.4 Å². The van der Waals surface area contributed by atoms with Crippen molar-refractivity contribution in [2.24, 2.45) is 5.41 Å². The molecule has 3 rings (SSSR count). The number of rotatable bonds is 6. The molecule has 0 aromatic heterocycles. The van der Waals surface area contributed by atoms with Gasteiger partial charge < -0.3 is 30.3 Å². The normalized spacial score (nSPS) is 23.1. The number of amides is 4. The van der Waals surface area contributed by atoms with Crippen LogP contribution in [-0.2, 0) is 6.54 Å². The second-order valence-electron chi connectivity index (χ2n) is 8.86. The summed E-state index contributed by atoms with van der Waals surface area (Å²) in [7, 11) is 1.51. The molecule has 2 fully saturated rings. The number of carbonyl (C=O) groups excluding carboxylic acids is 2. The Balaban J connectivity index is 1.70. The molecule has 33 heavy (non-hydrogen) atoms. The Labute approximate surface area is 188 Å². The summed E-state index contributed by atoms with van der Waals surface area (Å²) in [6.45, 7) is 2.09. The summed E-state index contributed by atoms with van der Waals surface area (Å²) in [4.78, 5) is 28.5. The third-order valence-corrected chi connectivity index (χ3v) is 5.87. The van der Waals surface area contributed by atoms with Gasteiger partial charge in [-0.15, -0.1) is 13.2 Å². The number of urea groups is 2. The molecule has 0 bridgehead atoms. The van der Waals surface area contributed by atoms with E-state index in [-0.39, 0.29) is 43.4 Å². The molecule has 0 spiro atoms. The first kappa shape index (κ1) is 24.9. The van der Waals surface area contributed by atoms with Gasteiger partial charge in [-0.3, -0.25) is 0 Å². The zero-order valence-electron chi connectivity index (χ0n) is 18.4. The minimum absolute atomic E-state index is 0.00412. The van der Waals surface area contributed by atoms with Crippen LogP contribution in [0.25, 0.3) is 0 Å². The molecule has 4 amide bonds. The van der Waals surface area contributed by atoms with Crippen LogP contribution in [0, 0.1) is 11.2 Å². The highest BCUT2D eigenvalue weighted by molar-refractivity contribution is 5.76. The quantitative estimate of drug-likeness (QED) is 0.551. The van der Waals surface area contributed by atoms with Gasteiger partial charge in [-0.2, -0.15) is 0 Å². The summed E-state index contributed by atoms with van der Waals surface area (Å²) in [5.41, 5.74) is -0.590. The maximum absolute atomic E-state index is 14.2. The van der Waals surface area contributed by atoms with Gasteiger partial charge in [0, 0.05) is 49.8 Å². The molecule has 3 N–H and O–H groups in total. The van der Waals surface area contributed by atoms with Crippen molar-refractivity contribution in [1.82, 2.24) is 20.4 Å². The van der Waals surface area contributed by atoms with E-state index in [1.54, 1.807) is 9.80 Å². The number of hydrogen-bond donors (Lipinski definition) is 3. The van der Waals surface area contributed by atoms with E-state index < -0.39 is 29.4 Å². The number of likely N-dealkylation sites (tertiary alicyclic amines) is 1. The average Bonchev–Trinajstić information content (AvgIpc) is 3.56. The molecule has 2 aliphatic rings. The van der Waals surface area contributed by atoms with Crippen LogP contribution in [0.5, 0.6) is 5.75 Å². The lowest BCUT2D eigenvalue weighted by Gasteiger charge is -2.47. The number of alkyl halides is 3. The first-order valence-electron chi connectivity index (χ1n) is 10.6. The van der Waals surface area contributed by atoms with E-state index in [1.165, 1.54) is 7.05 Å². The number of piperidine rings is 1. The van der Waals surface area contributed by atoms with Crippen molar-refractivity contribution in [3.05, 3.63) is 29.6 Å². The Morgan fingerprint density at radius 3 is 2.55 bits per heavy atom. The fraction of sp³-hybridized carbons (Fsp3) is 0.619. The van der Waals surface area contributed by atoms with Gasteiger partial charge in [-0.1, -0.05) is 13.0 Å². The van der Waals surface area contributed by atoms with Crippen molar-refractivity contribution >= 4 is 12.1 Å². The van der Waals surface area contributed by atoms with Crippen LogP contribution in [-0.4, -0.2) is 72.2 Å². The van der Waals surface area contributed by atoms with Gasteiger partial charge in [0.25, 0.3) is 0 Å². The molecule has 184 valence electrons. The molecule has 8 nitrogen and oxygen atoms in total. The number of aliphatic hydroxyl groups excluding tert-OH is 1. The second-order valence-corrected chi connectivity index (χ2v) is 8.86. The van der Waals surface area contributed by atoms with E-state index in [0.29, 0.717) is 19.0 Å². The maximum Gasteiger partial charge on any atom is 0.573 e. The highest BCUT2D eigenvalue weighted by atomic mass is 19.4. The van der Waals surface area contributed by atoms with Crippen LogP contribution in [0.2, 0.25) is 0 Å². The Hall–Kier alpha value is -2.76. The number of halogens is 4. The molecular weight excluding hydrogens is 448 g/mol. The molecule has 1 aromatic carbocycles. The highest BCUT2D eigenvalue weighted by Gasteiger charge is 2.45. The SMILES string of the molecule is CNC(=O)N1C[C@@H](N(C(=O)NCc2ccc(OC(F)(F)F)cc2F)C2CC2)C[C@@](C)(CO)C1. The lowest BCUT2D eigenvalue weighted by atomic mass is 9.80. The fourth-order valence-corrected chi connectivity index (χ4v) is 4.20. The largest absolute Gasteiger partial charge is 0.573 e. The van der Waals surface area contributed by atoms with Crippen molar-refractivity contribution in [3.8, 4) is 5.75 Å². The number of aliphatic hydroxyl groups is 1. The summed E-state index contributed by atoms with van der Waals surface area (Å²) >= 11 is 0. The summed E-state index contributed by atoms with van der Waals surface area (Å²) < 4.78 is 54.8. The van der Waals surface area contributed by atoms with Crippen LogP contribution < -0.4 is 15.4 Å². The van der Waals surface area contributed by atoms with Crippen LogP contribution in [0.3, 0.4) is 0 Å². The van der Waals surface area contributed by atoms with Crippen LogP contribution >= 0.6 is 0 Å². The van der Waals surface area contributed by atoms with Crippen molar-refractivity contribution in [2.45, 2.75) is 51.2 Å². The number of nitrogens with zero attached hydrogens (tertiary/aromatic N) is 2. The van der Waals surface area contributed by atoms with E-state index in [2.05, 4.69) is 15.4 Å². The lowest BCUT2D eigenvalue weighted by molar-refractivity contribution is -0.274. The first-order chi connectivity index (χ1) is 15.4. The van der Waals surface area contributed by atoms with Gasteiger partial charge in [-0.25, -0.2) is 14.0 Å². The highest BCUT2D eigenvalue weighted by Crippen LogP contribution is 2.37. The van der Waals surface area contributed by atoms with Crippen molar-refractivity contribution in [3.63, 3.8) is 0 Å². The molecule has 1 saturated carbocycles. The number of carbonyl (C=O) groups is 2. The minimum atomic E-state index is -4.93. The zero-order chi connectivity index (χ0) is 24.4. The number of hydrogen-bond acceptors (Lipinski definition) is 4. The molecule has 0 unspecified atom stereocenters. The molecule has 1 aromatic rings. The summed E-state index contributed by atoms with van der Waals surface area (Å²) in [5, 5.41) is 15.1. The average molecular weight is 476 g/mol. The van der Waals surface area contributed by atoms with E-state index in [1.807, 2.05) is 6.92 Å².